The van der Waals surface area contributed by atoms with Crippen LogP contribution in [0.5, 0.6) is 5.75 Å². The van der Waals surface area contributed by atoms with Gasteiger partial charge in [-0.25, -0.2) is 4.39 Å². The number of ether oxygens (including phenoxy) is 1. The predicted octanol–water partition coefficient (Wildman–Crippen LogP) is 4.13. The highest BCUT2D eigenvalue weighted by molar-refractivity contribution is 5.77. The van der Waals surface area contributed by atoms with Crippen molar-refractivity contribution in [3.63, 3.8) is 0 Å². The van der Waals surface area contributed by atoms with Crippen molar-refractivity contribution in [3.05, 3.63) is 65.5 Å². The maximum atomic E-state index is 13.1. The van der Waals surface area contributed by atoms with Crippen LogP contribution in [-0.4, -0.2) is 24.5 Å². The highest BCUT2D eigenvalue weighted by Gasteiger charge is 2.29. The smallest absolute Gasteiger partial charge is 0.223 e. The molecule has 4 heteroatoms. The Bertz CT molecular complexity index is 699. The number of carbonyl (C=O) groups excluding carboxylic acids is 1. The Morgan fingerprint density at radius 2 is 2.04 bits per heavy atom. The largest absolute Gasteiger partial charge is 0.497 e. The van der Waals surface area contributed by atoms with Gasteiger partial charge in [-0.15, -0.1) is 0 Å². The minimum Gasteiger partial charge on any atom is -0.497 e. The van der Waals surface area contributed by atoms with E-state index in [2.05, 4.69) is 0 Å². The maximum Gasteiger partial charge on any atom is 0.223 e. The molecule has 1 unspecified atom stereocenters. The van der Waals surface area contributed by atoms with Crippen LogP contribution in [0.3, 0.4) is 0 Å². The summed E-state index contributed by atoms with van der Waals surface area (Å²) in [7, 11) is 1.64. The van der Waals surface area contributed by atoms with Gasteiger partial charge in [-0.2, -0.15) is 0 Å². The average molecular weight is 327 g/mol. The second kappa shape index (κ2) is 7.47. The maximum absolute atomic E-state index is 13.1. The first-order valence-electron chi connectivity index (χ1n) is 8.35. The lowest BCUT2D eigenvalue weighted by atomic mass is 10.0. The minimum atomic E-state index is -0.243. The summed E-state index contributed by atoms with van der Waals surface area (Å²) in [6, 6.07) is 14.4. The predicted molar refractivity (Wildman–Crippen MR) is 91.4 cm³/mol. The van der Waals surface area contributed by atoms with E-state index in [1.54, 1.807) is 19.2 Å². The molecule has 0 N–H and O–H groups in total. The van der Waals surface area contributed by atoms with Gasteiger partial charge in [0.1, 0.15) is 11.6 Å². The molecule has 1 heterocycles. The second-order valence-corrected chi connectivity index (χ2v) is 6.15. The zero-order valence-corrected chi connectivity index (χ0v) is 13.9. The van der Waals surface area contributed by atoms with Gasteiger partial charge >= 0.3 is 0 Å². The zero-order valence-electron chi connectivity index (χ0n) is 13.9. The van der Waals surface area contributed by atoms with Gasteiger partial charge in [0.25, 0.3) is 0 Å². The van der Waals surface area contributed by atoms with E-state index in [1.807, 2.05) is 29.2 Å². The molecule has 0 aliphatic carbocycles. The third-order valence-corrected chi connectivity index (χ3v) is 4.59. The Kier molecular flexibility index (Phi) is 5.14. The summed E-state index contributed by atoms with van der Waals surface area (Å²) in [5.41, 5.74) is 2.11. The van der Waals surface area contributed by atoms with Crippen molar-refractivity contribution in [3.8, 4) is 5.75 Å². The Labute approximate surface area is 142 Å². The van der Waals surface area contributed by atoms with Gasteiger partial charge in [0.2, 0.25) is 5.91 Å². The number of likely N-dealkylation sites (tertiary alicyclic amines) is 1. The standard InChI is InChI=1S/C20H22FNO2/c1-24-18-5-2-4-15(14-18)7-12-20(23)22-13-3-6-19(22)16-8-10-17(21)11-9-16/h2,4-5,8-11,14,19H,3,6-7,12-13H2,1H3. The van der Waals surface area contributed by atoms with Crippen molar-refractivity contribution in [2.45, 2.75) is 31.7 Å². The molecule has 2 aromatic carbocycles. The fourth-order valence-electron chi connectivity index (χ4n) is 3.32. The van der Waals surface area contributed by atoms with Crippen LogP contribution in [0, 0.1) is 5.82 Å². The van der Waals surface area contributed by atoms with E-state index in [0.29, 0.717) is 12.8 Å². The van der Waals surface area contributed by atoms with Crippen LogP contribution >= 0.6 is 0 Å². The summed E-state index contributed by atoms with van der Waals surface area (Å²) < 4.78 is 18.3. The Morgan fingerprint density at radius 3 is 2.79 bits per heavy atom. The number of amides is 1. The topological polar surface area (TPSA) is 29.5 Å². The molecule has 2 aromatic rings. The van der Waals surface area contributed by atoms with Crippen molar-refractivity contribution in [1.82, 2.24) is 4.90 Å². The molecule has 3 nitrogen and oxygen atoms in total. The SMILES string of the molecule is COc1cccc(CCC(=O)N2CCCC2c2ccc(F)cc2)c1. The molecule has 1 amide bonds. The van der Waals surface area contributed by atoms with E-state index in [0.717, 1.165) is 36.3 Å². The van der Waals surface area contributed by atoms with E-state index < -0.39 is 0 Å². The van der Waals surface area contributed by atoms with Crippen LogP contribution < -0.4 is 4.74 Å². The van der Waals surface area contributed by atoms with Gasteiger partial charge in [0.05, 0.1) is 13.2 Å². The summed E-state index contributed by atoms with van der Waals surface area (Å²) >= 11 is 0. The van der Waals surface area contributed by atoms with Crippen LogP contribution in [0.15, 0.2) is 48.5 Å². The van der Waals surface area contributed by atoms with Gasteiger partial charge < -0.3 is 9.64 Å². The normalized spacial score (nSPS) is 17.1. The fraction of sp³-hybridized carbons (Fsp3) is 0.350. The highest BCUT2D eigenvalue weighted by Crippen LogP contribution is 2.32. The Balaban J connectivity index is 1.64. The van der Waals surface area contributed by atoms with E-state index >= 15 is 0 Å². The minimum absolute atomic E-state index is 0.0726. The number of methoxy groups -OCH3 is 1. The molecule has 0 saturated carbocycles. The van der Waals surface area contributed by atoms with Crippen molar-refractivity contribution >= 4 is 5.91 Å². The van der Waals surface area contributed by atoms with E-state index in [9.17, 15) is 9.18 Å². The van der Waals surface area contributed by atoms with Crippen LogP contribution in [0.1, 0.15) is 36.4 Å². The molecule has 1 aliphatic heterocycles. The molecular weight excluding hydrogens is 305 g/mol. The summed E-state index contributed by atoms with van der Waals surface area (Å²) in [6.07, 6.45) is 3.11. The fourth-order valence-corrected chi connectivity index (χ4v) is 3.32. The van der Waals surface area contributed by atoms with Crippen molar-refractivity contribution in [2.75, 3.05) is 13.7 Å². The number of rotatable bonds is 5. The van der Waals surface area contributed by atoms with E-state index in [1.165, 1.54) is 12.1 Å². The number of nitrogens with zero attached hydrogens (tertiary/aromatic N) is 1. The third-order valence-electron chi connectivity index (χ3n) is 4.59. The van der Waals surface area contributed by atoms with Crippen LogP contribution in [-0.2, 0) is 11.2 Å². The number of benzene rings is 2. The van der Waals surface area contributed by atoms with Gasteiger partial charge in [-0.3, -0.25) is 4.79 Å². The van der Waals surface area contributed by atoms with Crippen LogP contribution in [0.2, 0.25) is 0 Å². The summed E-state index contributed by atoms with van der Waals surface area (Å²) in [6.45, 7) is 0.777. The molecule has 1 saturated heterocycles. The molecular formula is C20H22FNO2. The highest BCUT2D eigenvalue weighted by atomic mass is 19.1. The Hall–Kier alpha value is -2.36. The molecule has 0 spiro atoms. The number of hydrogen-bond acceptors (Lipinski definition) is 2. The molecule has 0 aromatic heterocycles. The molecule has 1 atom stereocenters. The van der Waals surface area contributed by atoms with Gasteiger partial charge in [-0.1, -0.05) is 24.3 Å². The molecule has 1 aliphatic rings. The van der Waals surface area contributed by atoms with Crippen molar-refractivity contribution in [1.29, 1.82) is 0 Å². The van der Waals surface area contributed by atoms with E-state index in [4.69, 9.17) is 4.74 Å². The lowest BCUT2D eigenvalue weighted by molar-refractivity contribution is -0.132. The lowest BCUT2D eigenvalue weighted by Gasteiger charge is -2.25. The number of halogens is 1. The first-order chi connectivity index (χ1) is 11.7. The van der Waals surface area contributed by atoms with Gasteiger partial charge in [0, 0.05) is 13.0 Å². The summed E-state index contributed by atoms with van der Waals surface area (Å²) in [5.74, 6) is 0.725. The molecule has 1 fully saturated rings. The summed E-state index contributed by atoms with van der Waals surface area (Å²) in [4.78, 5) is 14.6. The molecule has 126 valence electrons. The molecule has 0 radical (unpaired) electrons. The zero-order chi connectivity index (χ0) is 16.9. The lowest BCUT2D eigenvalue weighted by Crippen LogP contribution is -2.30. The van der Waals surface area contributed by atoms with Gasteiger partial charge in [-0.05, 0) is 54.7 Å². The molecule has 0 bridgehead atoms. The third kappa shape index (κ3) is 3.75. The number of carbonyl (C=O) groups is 1. The molecule has 3 rings (SSSR count). The van der Waals surface area contributed by atoms with Crippen LogP contribution in [0.4, 0.5) is 4.39 Å². The van der Waals surface area contributed by atoms with E-state index in [-0.39, 0.29) is 17.8 Å². The van der Waals surface area contributed by atoms with Crippen molar-refractivity contribution in [2.24, 2.45) is 0 Å². The monoisotopic (exact) mass is 327 g/mol. The molecule has 24 heavy (non-hydrogen) atoms. The first kappa shape index (κ1) is 16.5. The number of aryl methyl sites for hydroxylation is 1. The van der Waals surface area contributed by atoms with Crippen LogP contribution in [0.25, 0.3) is 0 Å². The number of hydrogen-bond donors (Lipinski definition) is 0. The first-order valence-corrected chi connectivity index (χ1v) is 8.35. The quantitative estimate of drug-likeness (QED) is 0.826. The summed E-state index contributed by atoms with van der Waals surface area (Å²) in [5, 5.41) is 0. The van der Waals surface area contributed by atoms with Crippen molar-refractivity contribution < 1.29 is 13.9 Å². The second-order valence-electron chi connectivity index (χ2n) is 6.15. The average Bonchev–Trinajstić information content (AvgIpc) is 3.10. The Morgan fingerprint density at radius 1 is 1.25 bits per heavy atom. The van der Waals surface area contributed by atoms with Gasteiger partial charge in [0.15, 0.2) is 0 Å².